The molecule has 0 unspecified atom stereocenters. The van der Waals surface area contributed by atoms with E-state index in [0.29, 0.717) is 18.0 Å². The van der Waals surface area contributed by atoms with Gasteiger partial charge in [-0.2, -0.15) is 0 Å². The van der Waals surface area contributed by atoms with Gasteiger partial charge in [0, 0.05) is 32.1 Å². The molecular formula is C16H18N2O4S. The molecule has 0 fully saturated rings. The number of rotatable bonds is 6. The summed E-state index contributed by atoms with van der Waals surface area (Å²) in [4.78, 5) is 26.0. The van der Waals surface area contributed by atoms with Crippen molar-refractivity contribution in [1.29, 1.82) is 0 Å². The second-order valence-corrected chi connectivity index (χ2v) is 6.39. The van der Waals surface area contributed by atoms with Crippen LogP contribution in [0.15, 0.2) is 30.3 Å². The molecule has 7 heteroatoms. The highest BCUT2D eigenvalue weighted by molar-refractivity contribution is 7.14. The van der Waals surface area contributed by atoms with E-state index < -0.39 is 5.97 Å². The van der Waals surface area contributed by atoms with Crippen LogP contribution in [-0.4, -0.2) is 41.1 Å². The molecule has 0 aliphatic rings. The van der Waals surface area contributed by atoms with Crippen LogP contribution in [-0.2, 0) is 13.1 Å². The van der Waals surface area contributed by atoms with Crippen molar-refractivity contribution >= 4 is 23.2 Å². The van der Waals surface area contributed by atoms with E-state index >= 15 is 0 Å². The number of hydrogen-bond donors (Lipinski definition) is 3. The Labute approximate surface area is 138 Å². The Balaban J connectivity index is 1.94. The van der Waals surface area contributed by atoms with E-state index in [0.717, 1.165) is 10.4 Å². The third-order valence-corrected chi connectivity index (χ3v) is 4.27. The first-order valence-corrected chi connectivity index (χ1v) is 7.76. The third-order valence-electron chi connectivity index (χ3n) is 3.20. The third kappa shape index (κ3) is 4.30. The van der Waals surface area contributed by atoms with Crippen molar-refractivity contribution in [3.8, 4) is 5.75 Å². The number of phenols is 1. The first kappa shape index (κ1) is 17.0. The molecule has 2 aromatic rings. The molecule has 122 valence electrons. The summed E-state index contributed by atoms with van der Waals surface area (Å²) in [6.07, 6.45) is 0. The van der Waals surface area contributed by atoms with Crippen molar-refractivity contribution in [2.45, 2.75) is 13.1 Å². The van der Waals surface area contributed by atoms with E-state index in [9.17, 15) is 14.7 Å². The number of nitrogens with one attached hydrogen (secondary N) is 1. The quantitative estimate of drug-likeness (QED) is 0.753. The summed E-state index contributed by atoms with van der Waals surface area (Å²) in [6, 6.07) is 8.19. The van der Waals surface area contributed by atoms with Crippen LogP contribution >= 0.6 is 11.3 Å². The molecule has 1 amide bonds. The number of carbonyl (C=O) groups is 2. The highest BCUT2D eigenvalue weighted by atomic mass is 32.1. The van der Waals surface area contributed by atoms with Gasteiger partial charge in [0.2, 0.25) is 0 Å². The second-order valence-electron chi connectivity index (χ2n) is 5.23. The largest absolute Gasteiger partial charge is 0.507 e. The van der Waals surface area contributed by atoms with Gasteiger partial charge in [0.25, 0.3) is 5.91 Å². The Morgan fingerprint density at radius 1 is 1.17 bits per heavy atom. The number of aromatic hydroxyl groups is 1. The van der Waals surface area contributed by atoms with Crippen LogP contribution in [0, 0.1) is 0 Å². The van der Waals surface area contributed by atoms with Crippen molar-refractivity contribution in [3.63, 3.8) is 0 Å². The number of carbonyl (C=O) groups excluding carboxylic acids is 1. The molecule has 23 heavy (non-hydrogen) atoms. The van der Waals surface area contributed by atoms with E-state index in [-0.39, 0.29) is 17.2 Å². The van der Waals surface area contributed by atoms with Gasteiger partial charge in [-0.3, -0.25) is 4.79 Å². The minimum absolute atomic E-state index is 0.0223. The molecule has 1 aromatic carbocycles. The van der Waals surface area contributed by atoms with Gasteiger partial charge in [0.1, 0.15) is 11.3 Å². The van der Waals surface area contributed by atoms with Gasteiger partial charge in [-0.05, 0) is 29.8 Å². The van der Waals surface area contributed by atoms with Gasteiger partial charge in [-0.25, -0.2) is 4.79 Å². The van der Waals surface area contributed by atoms with Crippen molar-refractivity contribution < 1.29 is 19.8 Å². The summed E-state index contributed by atoms with van der Waals surface area (Å²) in [5, 5.41) is 21.6. The highest BCUT2D eigenvalue weighted by Crippen LogP contribution is 2.20. The Hall–Kier alpha value is -2.38. The number of hydrogen-bond acceptors (Lipinski definition) is 5. The maximum absolute atomic E-state index is 11.8. The summed E-state index contributed by atoms with van der Waals surface area (Å²) in [7, 11) is 3.43. The van der Waals surface area contributed by atoms with Crippen LogP contribution in [0.5, 0.6) is 5.75 Å². The van der Waals surface area contributed by atoms with Crippen molar-refractivity contribution in [1.82, 2.24) is 10.2 Å². The normalized spacial score (nSPS) is 10.5. The molecule has 0 bridgehead atoms. The lowest BCUT2D eigenvalue weighted by molar-refractivity contribution is 0.0693. The minimum atomic E-state index is -1.16. The van der Waals surface area contributed by atoms with Crippen LogP contribution in [0.3, 0.4) is 0 Å². The fraction of sp³-hybridized carbons (Fsp3) is 0.250. The molecule has 1 heterocycles. The zero-order valence-electron chi connectivity index (χ0n) is 12.9. The molecular weight excluding hydrogens is 316 g/mol. The molecule has 6 nitrogen and oxygen atoms in total. The molecule has 2 rings (SSSR count). The smallest absolute Gasteiger partial charge is 0.339 e. The number of aromatic carboxylic acids is 1. The Morgan fingerprint density at radius 3 is 2.57 bits per heavy atom. The molecule has 1 aromatic heterocycles. The summed E-state index contributed by atoms with van der Waals surface area (Å²) in [6.45, 7) is 1.05. The Bertz CT molecular complexity index is 725. The number of carboxylic acid groups (broad SMARTS) is 1. The lowest BCUT2D eigenvalue weighted by Gasteiger charge is -2.07. The average molecular weight is 334 g/mol. The molecule has 3 N–H and O–H groups in total. The lowest BCUT2D eigenvalue weighted by atomic mass is 10.1. The SMILES string of the molecule is CN(C)C(=O)c1ccc(CNCc2ccc(O)c(C(=O)O)c2)s1. The average Bonchev–Trinajstić information content (AvgIpc) is 2.96. The Morgan fingerprint density at radius 2 is 1.91 bits per heavy atom. The summed E-state index contributed by atoms with van der Waals surface area (Å²) < 4.78 is 0. The first-order valence-electron chi connectivity index (χ1n) is 6.94. The number of benzene rings is 1. The summed E-state index contributed by atoms with van der Waals surface area (Å²) in [5.41, 5.74) is 0.653. The number of carboxylic acids is 1. The maximum atomic E-state index is 11.8. The van der Waals surface area contributed by atoms with Gasteiger partial charge in [-0.1, -0.05) is 6.07 Å². The van der Waals surface area contributed by atoms with Gasteiger partial charge >= 0.3 is 5.97 Å². The maximum Gasteiger partial charge on any atom is 0.339 e. The summed E-state index contributed by atoms with van der Waals surface area (Å²) in [5.74, 6) is -1.42. The standard InChI is InChI=1S/C16H18N2O4S/c1-18(2)15(20)14-6-4-11(23-14)9-17-8-10-3-5-13(19)12(7-10)16(21)22/h3-7,17,19H,8-9H2,1-2H3,(H,21,22). The molecule has 0 aliphatic carbocycles. The number of nitrogens with zero attached hydrogens (tertiary/aromatic N) is 1. The van der Waals surface area contributed by atoms with E-state index in [2.05, 4.69) is 5.32 Å². The van der Waals surface area contributed by atoms with E-state index in [1.54, 1.807) is 26.2 Å². The van der Waals surface area contributed by atoms with Crippen molar-refractivity contribution in [2.24, 2.45) is 0 Å². The molecule has 0 aliphatic heterocycles. The Kier molecular flexibility index (Phi) is 5.36. The van der Waals surface area contributed by atoms with Crippen LogP contribution < -0.4 is 5.32 Å². The van der Waals surface area contributed by atoms with Crippen LogP contribution in [0.4, 0.5) is 0 Å². The molecule has 0 spiro atoms. The number of thiophene rings is 1. The molecule has 0 atom stereocenters. The van der Waals surface area contributed by atoms with E-state index in [4.69, 9.17) is 5.11 Å². The zero-order valence-corrected chi connectivity index (χ0v) is 13.7. The topological polar surface area (TPSA) is 89.9 Å². The zero-order chi connectivity index (χ0) is 17.0. The molecule has 0 radical (unpaired) electrons. The van der Waals surface area contributed by atoms with Gasteiger partial charge in [0.05, 0.1) is 4.88 Å². The monoisotopic (exact) mass is 334 g/mol. The second kappa shape index (κ2) is 7.26. The van der Waals surface area contributed by atoms with E-state index in [1.165, 1.54) is 28.4 Å². The van der Waals surface area contributed by atoms with Crippen molar-refractivity contribution in [2.75, 3.05) is 14.1 Å². The first-order chi connectivity index (χ1) is 10.9. The van der Waals surface area contributed by atoms with Crippen LogP contribution in [0.1, 0.15) is 30.5 Å². The predicted octanol–water partition coefficient (Wildman–Crippen LogP) is 2.14. The van der Waals surface area contributed by atoms with Gasteiger partial charge in [0.15, 0.2) is 0 Å². The fourth-order valence-electron chi connectivity index (χ4n) is 2.00. The van der Waals surface area contributed by atoms with Crippen LogP contribution in [0.25, 0.3) is 0 Å². The predicted molar refractivity (Wildman–Crippen MR) is 87.9 cm³/mol. The molecule has 0 saturated carbocycles. The van der Waals surface area contributed by atoms with E-state index in [1.807, 2.05) is 6.07 Å². The number of amides is 1. The highest BCUT2D eigenvalue weighted by Gasteiger charge is 2.12. The minimum Gasteiger partial charge on any atom is -0.507 e. The van der Waals surface area contributed by atoms with Gasteiger partial charge < -0.3 is 20.4 Å². The molecule has 0 saturated heterocycles. The summed E-state index contributed by atoms with van der Waals surface area (Å²) >= 11 is 1.43. The van der Waals surface area contributed by atoms with Gasteiger partial charge in [-0.15, -0.1) is 11.3 Å². The lowest BCUT2D eigenvalue weighted by Crippen LogP contribution is -2.20. The van der Waals surface area contributed by atoms with Crippen LogP contribution in [0.2, 0.25) is 0 Å². The fourth-order valence-corrected chi connectivity index (χ4v) is 3.00. The van der Waals surface area contributed by atoms with Crippen molar-refractivity contribution in [3.05, 3.63) is 51.2 Å².